The minimum Gasteiger partial charge on any atom is -0.488 e. The maximum Gasteiger partial charge on any atom is 0.338 e. The Bertz CT molecular complexity index is 1350. The van der Waals surface area contributed by atoms with Gasteiger partial charge in [-0.15, -0.1) is 0 Å². The lowest BCUT2D eigenvalue weighted by atomic mass is 10.1. The fourth-order valence-corrected chi connectivity index (χ4v) is 3.56. The summed E-state index contributed by atoms with van der Waals surface area (Å²) in [6.07, 6.45) is 1.46. The molecule has 0 radical (unpaired) electrons. The maximum atomic E-state index is 12.6. The second-order valence-corrected chi connectivity index (χ2v) is 8.02. The van der Waals surface area contributed by atoms with Crippen LogP contribution in [0.4, 0.5) is 5.69 Å². The number of nitriles is 2. The number of ether oxygens (including phenoxy) is 2. The predicted molar refractivity (Wildman–Crippen MR) is 134 cm³/mol. The average molecular weight is 530 g/mol. The zero-order valence-corrected chi connectivity index (χ0v) is 20.3. The summed E-state index contributed by atoms with van der Waals surface area (Å²) in [6, 6.07) is 22.6. The Labute approximate surface area is 211 Å². The monoisotopic (exact) mass is 529 g/mol. The van der Waals surface area contributed by atoms with Crippen LogP contribution in [0.2, 0.25) is 0 Å². The number of nitrogens with zero attached hydrogens (tertiary/aromatic N) is 2. The first kappa shape index (κ1) is 25.2. The molecule has 0 atom stereocenters. The summed E-state index contributed by atoms with van der Waals surface area (Å²) in [6.45, 7) is 2.21. The maximum absolute atomic E-state index is 12.6. The van der Waals surface area contributed by atoms with E-state index in [1.165, 1.54) is 18.2 Å². The molecular weight excluding hydrogens is 510 g/mol. The molecule has 0 aliphatic carbocycles. The second-order valence-electron chi connectivity index (χ2n) is 7.17. The van der Waals surface area contributed by atoms with Crippen molar-refractivity contribution in [2.45, 2.75) is 13.5 Å². The van der Waals surface area contributed by atoms with Gasteiger partial charge in [-0.1, -0.05) is 24.3 Å². The van der Waals surface area contributed by atoms with E-state index in [-0.39, 0.29) is 18.8 Å². The van der Waals surface area contributed by atoms with Gasteiger partial charge in [0.25, 0.3) is 5.91 Å². The summed E-state index contributed by atoms with van der Waals surface area (Å²) in [7, 11) is 0. The van der Waals surface area contributed by atoms with E-state index in [0.29, 0.717) is 32.6 Å². The van der Waals surface area contributed by atoms with Crippen LogP contribution in [-0.2, 0) is 16.1 Å². The standard InChI is InChI=1S/C27H20BrN3O4/c1-2-34-27(33)19-8-10-23(11-9-19)31-26(32)22(16-30)13-18-7-12-25(24(28)14-18)35-17-21-6-4-3-5-20(21)15-29/h3-14H,2,17H2,1H3,(H,31,32)/b22-13+. The largest absolute Gasteiger partial charge is 0.488 e. The molecule has 3 aromatic carbocycles. The number of hydrogen-bond acceptors (Lipinski definition) is 6. The van der Waals surface area contributed by atoms with Crippen LogP contribution in [0.3, 0.4) is 0 Å². The quantitative estimate of drug-likeness (QED) is 0.230. The summed E-state index contributed by atoms with van der Waals surface area (Å²) in [4.78, 5) is 24.3. The van der Waals surface area contributed by atoms with Crippen molar-refractivity contribution in [3.05, 3.63) is 99.0 Å². The molecule has 0 fully saturated rings. The highest BCUT2D eigenvalue weighted by Gasteiger charge is 2.12. The molecule has 3 aromatic rings. The van der Waals surface area contributed by atoms with Crippen molar-refractivity contribution in [1.82, 2.24) is 0 Å². The van der Waals surface area contributed by atoms with Gasteiger partial charge in [0.15, 0.2) is 0 Å². The zero-order chi connectivity index (χ0) is 25.2. The Morgan fingerprint density at radius 1 is 1.06 bits per heavy atom. The number of nitrogens with one attached hydrogen (secondary N) is 1. The number of carbonyl (C=O) groups excluding carboxylic acids is 2. The zero-order valence-electron chi connectivity index (χ0n) is 18.7. The molecule has 0 spiro atoms. The molecule has 8 heteroatoms. The van der Waals surface area contributed by atoms with Gasteiger partial charge in [0.1, 0.15) is 24.0 Å². The van der Waals surface area contributed by atoms with Crippen LogP contribution >= 0.6 is 15.9 Å². The average Bonchev–Trinajstić information content (AvgIpc) is 2.87. The van der Waals surface area contributed by atoms with E-state index in [9.17, 15) is 20.1 Å². The number of rotatable bonds is 8. The molecule has 0 aliphatic heterocycles. The molecule has 0 unspecified atom stereocenters. The first-order valence-corrected chi connectivity index (χ1v) is 11.3. The van der Waals surface area contributed by atoms with Gasteiger partial charge in [-0.3, -0.25) is 4.79 Å². The molecule has 0 aromatic heterocycles. The van der Waals surface area contributed by atoms with Crippen LogP contribution in [0.15, 0.2) is 76.8 Å². The minimum absolute atomic E-state index is 0.0945. The third-order valence-corrected chi connectivity index (χ3v) is 5.43. The summed E-state index contributed by atoms with van der Waals surface area (Å²) < 4.78 is 11.4. The van der Waals surface area contributed by atoms with Crippen molar-refractivity contribution in [2.75, 3.05) is 11.9 Å². The number of anilines is 1. The van der Waals surface area contributed by atoms with E-state index in [4.69, 9.17) is 9.47 Å². The lowest BCUT2D eigenvalue weighted by molar-refractivity contribution is -0.112. The molecule has 0 aliphatic rings. The molecular formula is C27H20BrN3O4. The van der Waals surface area contributed by atoms with E-state index in [1.54, 1.807) is 49.4 Å². The Morgan fingerprint density at radius 2 is 1.80 bits per heavy atom. The highest BCUT2D eigenvalue weighted by molar-refractivity contribution is 9.10. The van der Waals surface area contributed by atoms with Gasteiger partial charge in [0.2, 0.25) is 0 Å². The summed E-state index contributed by atoms with van der Waals surface area (Å²) in [5.74, 6) is -0.476. The van der Waals surface area contributed by atoms with Crippen LogP contribution < -0.4 is 10.1 Å². The third kappa shape index (κ3) is 6.80. The van der Waals surface area contributed by atoms with Crippen molar-refractivity contribution in [2.24, 2.45) is 0 Å². The summed E-state index contributed by atoms with van der Waals surface area (Å²) in [5, 5.41) is 21.3. The molecule has 35 heavy (non-hydrogen) atoms. The van der Waals surface area contributed by atoms with Crippen LogP contribution in [0.25, 0.3) is 6.08 Å². The predicted octanol–water partition coefficient (Wildman–Crippen LogP) is 5.62. The summed E-state index contributed by atoms with van der Waals surface area (Å²) >= 11 is 3.45. The molecule has 0 saturated carbocycles. The van der Waals surface area contributed by atoms with Gasteiger partial charge in [-0.25, -0.2) is 4.79 Å². The van der Waals surface area contributed by atoms with Crippen molar-refractivity contribution >= 4 is 39.6 Å². The Balaban J connectivity index is 1.68. The lowest BCUT2D eigenvalue weighted by Gasteiger charge is -2.10. The van der Waals surface area contributed by atoms with Crippen LogP contribution in [0.5, 0.6) is 5.75 Å². The Morgan fingerprint density at radius 3 is 2.46 bits per heavy atom. The molecule has 3 rings (SSSR count). The lowest BCUT2D eigenvalue weighted by Crippen LogP contribution is -2.13. The Hall–Kier alpha value is -4.40. The first-order chi connectivity index (χ1) is 16.9. The number of esters is 1. The second kappa shape index (κ2) is 12.2. The van der Waals surface area contributed by atoms with Crippen molar-refractivity contribution in [1.29, 1.82) is 10.5 Å². The number of amides is 1. The summed E-state index contributed by atoms with van der Waals surface area (Å²) in [5.41, 5.74) is 2.64. The highest BCUT2D eigenvalue weighted by Crippen LogP contribution is 2.28. The number of hydrogen-bond donors (Lipinski definition) is 1. The van der Waals surface area contributed by atoms with Crippen LogP contribution in [0, 0.1) is 22.7 Å². The van der Waals surface area contributed by atoms with Gasteiger partial charge in [-0.05, 0) is 77.0 Å². The fourth-order valence-electron chi connectivity index (χ4n) is 3.05. The van der Waals surface area contributed by atoms with E-state index < -0.39 is 11.9 Å². The number of benzene rings is 3. The fraction of sp³-hybridized carbons (Fsp3) is 0.111. The van der Waals surface area contributed by atoms with Gasteiger partial charge in [0.05, 0.1) is 28.3 Å². The smallest absolute Gasteiger partial charge is 0.338 e. The van der Waals surface area contributed by atoms with Crippen molar-refractivity contribution in [3.8, 4) is 17.9 Å². The van der Waals surface area contributed by atoms with Crippen molar-refractivity contribution < 1.29 is 19.1 Å². The molecule has 0 heterocycles. The third-order valence-electron chi connectivity index (χ3n) is 4.81. The molecule has 1 N–H and O–H groups in total. The topological polar surface area (TPSA) is 112 Å². The van der Waals surface area contributed by atoms with E-state index in [2.05, 4.69) is 27.3 Å². The van der Waals surface area contributed by atoms with Crippen molar-refractivity contribution in [3.63, 3.8) is 0 Å². The van der Waals surface area contributed by atoms with E-state index in [0.717, 1.165) is 5.56 Å². The van der Waals surface area contributed by atoms with E-state index in [1.807, 2.05) is 18.2 Å². The number of carbonyl (C=O) groups is 2. The molecule has 1 amide bonds. The SMILES string of the molecule is CCOC(=O)c1ccc(NC(=O)/C(C#N)=C/c2ccc(OCc3ccccc3C#N)c(Br)c2)cc1. The van der Waals surface area contributed by atoms with E-state index >= 15 is 0 Å². The highest BCUT2D eigenvalue weighted by atomic mass is 79.9. The van der Waals surface area contributed by atoms with Gasteiger partial charge in [0, 0.05) is 11.3 Å². The Kier molecular flexibility index (Phi) is 8.77. The van der Waals surface area contributed by atoms with Gasteiger partial charge < -0.3 is 14.8 Å². The first-order valence-electron chi connectivity index (χ1n) is 10.6. The normalized spacial score (nSPS) is 10.6. The van der Waals surface area contributed by atoms with Gasteiger partial charge >= 0.3 is 5.97 Å². The number of halogens is 1. The molecule has 0 saturated heterocycles. The van der Waals surface area contributed by atoms with Crippen LogP contribution in [-0.4, -0.2) is 18.5 Å². The molecule has 174 valence electrons. The van der Waals surface area contributed by atoms with Crippen LogP contribution in [0.1, 0.15) is 34.0 Å². The molecule has 7 nitrogen and oxygen atoms in total. The minimum atomic E-state index is -0.582. The van der Waals surface area contributed by atoms with Gasteiger partial charge in [-0.2, -0.15) is 10.5 Å². The molecule has 0 bridgehead atoms.